The number of piperidine rings is 1. The van der Waals surface area contributed by atoms with E-state index in [9.17, 15) is 9.18 Å². The fraction of sp³-hybridized carbons (Fsp3) is 0.381. The van der Waals surface area contributed by atoms with Gasteiger partial charge in [-0.15, -0.1) is 5.10 Å². The number of quaternary nitrogens is 1. The normalized spacial score (nSPS) is 19.2. The van der Waals surface area contributed by atoms with E-state index >= 15 is 0 Å². The predicted molar refractivity (Wildman–Crippen MR) is 108 cm³/mol. The number of nitrogens with one attached hydrogen (secondary N) is 2. The molecule has 0 spiro atoms. The molecule has 1 amide bonds. The summed E-state index contributed by atoms with van der Waals surface area (Å²) in [5.74, 6) is 0.494. The van der Waals surface area contributed by atoms with Crippen LogP contribution in [0.25, 0.3) is 11.0 Å². The van der Waals surface area contributed by atoms with Crippen molar-refractivity contribution in [2.24, 2.45) is 0 Å². The standard InChI is InChI=1S/C21H24FN5O2/c1-2-29-18-6-4-16(5-7-18)23-21(28)14-26-11-9-17(10-12-26)27-20-8-3-15(22)13-19(20)24-25-27/h3-8,13,17H,2,9-12,14H2,1H3,(H,23,28)/p+1. The second-order valence-corrected chi connectivity index (χ2v) is 7.33. The lowest BCUT2D eigenvalue weighted by atomic mass is 10.0. The van der Waals surface area contributed by atoms with Crippen molar-refractivity contribution in [3.05, 3.63) is 48.3 Å². The second-order valence-electron chi connectivity index (χ2n) is 7.33. The highest BCUT2D eigenvalue weighted by atomic mass is 19.1. The van der Waals surface area contributed by atoms with Crippen molar-refractivity contribution < 1.29 is 18.8 Å². The van der Waals surface area contributed by atoms with Gasteiger partial charge in [0.25, 0.3) is 5.91 Å². The van der Waals surface area contributed by atoms with E-state index in [1.54, 1.807) is 6.07 Å². The molecule has 0 bridgehead atoms. The Kier molecular flexibility index (Phi) is 5.71. The molecule has 8 heteroatoms. The van der Waals surface area contributed by atoms with Crippen LogP contribution in [0.2, 0.25) is 0 Å². The van der Waals surface area contributed by atoms with Crippen molar-refractivity contribution in [3.63, 3.8) is 0 Å². The summed E-state index contributed by atoms with van der Waals surface area (Å²) in [5, 5.41) is 11.3. The molecule has 2 N–H and O–H groups in total. The maximum absolute atomic E-state index is 13.3. The van der Waals surface area contributed by atoms with Gasteiger partial charge in [0.2, 0.25) is 0 Å². The Hall–Kier alpha value is -3.00. The van der Waals surface area contributed by atoms with Crippen LogP contribution in [0.3, 0.4) is 0 Å². The first-order valence-corrected chi connectivity index (χ1v) is 9.99. The molecule has 0 atom stereocenters. The van der Waals surface area contributed by atoms with Crippen molar-refractivity contribution in [1.29, 1.82) is 0 Å². The molecule has 29 heavy (non-hydrogen) atoms. The summed E-state index contributed by atoms with van der Waals surface area (Å²) in [6, 6.07) is 12.2. The van der Waals surface area contributed by atoms with Gasteiger partial charge >= 0.3 is 0 Å². The van der Waals surface area contributed by atoms with Crippen LogP contribution in [-0.4, -0.2) is 47.1 Å². The van der Waals surface area contributed by atoms with Gasteiger partial charge in [0.15, 0.2) is 6.54 Å². The summed E-state index contributed by atoms with van der Waals surface area (Å²) >= 11 is 0. The molecule has 1 aromatic heterocycles. The third-order valence-corrected chi connectivity index (χ3v) is 5.30. The maximum Gasteiger partial charge on any atom is 0.279 e. The van der Waals surface area contributed by atoms with Crippen LogP contribution in [0.4, 0.5) is 10.1 Å². The molecule has 1 saturated heterocycles. The first-order chi connectivity index (χ1) is 14.1. The predicted octanol–water partition coefficient (Wildman–Crippen LogP) is 1.83. The Bertz CT molecular complexity index is 980. The molecule has 4 rings (SSSR count). The van der Waals surface area contributed by atoms with Crippen molar-refractivity contribution in [2.75, 3.05) is 31.6 Å². The van der Waals surface area contributed by atoms with Gasteiger partial charge in [0, 0.05) is 24.6 Å². The van der Waals surface area contributed by atoms with Crippen LogP contribution in [0, 0.1) is 5.82 Å². The zero-order chi connectivity index (χ0) is 20.2. The smallest absolute Gasteiger partial charge is 0.279 e. The van der Waals surface area contributed by atoms with Gasteiger partial charge in [-0.2, -0.15) is 0 Å². The molecule has 7 nitrogen and oxygen atoms in total. The van der Waals surface area contributed by atoms with E-state index in [2.05, 4.69) is 15.6 Å². The highest BCUT2D eigenvalue weighted by Crippen LogP contribution is 2.22. The molecule has 0 unspecified atom stereocenters. The number of hydrogen-bond donors (Lipinski definition) is 2. The van der Waals surface area contributed by atoms with Crippen LogP contribution in [0.5, 0.6) is 5.75 Å². The van der Waals surface area contributed by atoms with Gasteiger partial charge in [-0.1, -0.05) is 5.21 Å². The number of anilines is 1. The minimum atomic E-state index is -0.303. The number of likely N-dealkylation sites (tertiary alicyclic amines) is 1. The van der Waals surface area contributed by atoms with Crippen LogP contribution in [0.1, 0.15) is 25.8 Å². The summed E-state index contributed by atoms with van der Waals surface area (Å²) in [6.07, 6.45) is 1.81. The molecular weight excluding hydrogens is 373 g/mol. The highest BCUT2D eigenvalue weighted by molar-refractivity contribution is 5.91. The second kappa shape index (κ2) is 8.57. The van der Waals surface area contributed by atoms with E-state index in [0.29, 0.717) is 18.7 Å². The monoisotopic (exact) mass is 398 g/mol. The minimum absolute atomic E-state index is 0.00397. The number of aromatic nitrogens is 3. The molecule has 3 aromatic rings. The molecule has 2 aromatic carbocycles. The fourth-order valence-corrected chi connectivity index (χ4v) is 3.85. The minimum Gasteiger partial charge on any atom is -0.494 e. The average Bonchev–Trinajstić information content (AvgIpc) is 3.13. The zero-order valence-corrected chi connectivity index (χ0v) is 16.4. The molecule has 0 saturated carbocycles. The number of ether oxygens (including phenoxy) is 1. The fourth-order valence-electron chi connectivity index (χ4n) is 3.85. The first-order valence-electron chi connectivity index (χ1n) is 9.99. The Morgan fingerprint density at radius 1 is 1.24 bits per heavy atom. The molecular formula is C21H25FN5O2+. The van der Waals surface area contributed by atoms with Crippen LogP contribution in [0.15, 0.2) is 42.5 Å². The van der Waals surface area contributed by atoms with E-state index in [1.165, 1.54) is 17.0 Å². The quantitative estimate of drug-likeness (QED) is 0.665. The van der Waals surface area contributed by atoms with E-state index in [4.69, 9.17) is 4.74 Å². The van der Waals surface area contributed by atoms with E-state index < -0.39 is 0 Å². The SMILES string of the molecule is CCOc1ccc(NC(=O)C[NH+]2CCC(n3nnc4cc(F)ccc43)CC2)cc1. The van der Waals surface area contributed by atoms with Gasteiger partial charge in [-0.25, -0.2) is 9.07 Å². The number of carbonyl (C=O) groups is 1. The molecule has 1 aliphatic heterocycles. The van der Waals surface area contributed by atoms with E-state index in [0.717, 1.165) is 42.9 Å². The molecule has 152 valence electrons. The Morgan fingerprint density at radius 3 is 2.72 bits per heavy atom. The lowest BCUT2D eigenvalue weighted by molar-refractivity contribution is -0.897. The zero-order valence-electron chi connectivity index (χ0n) is 16.4. The molecule has 1 fully saturated rings. The number of carbonyl (C=O) groups excluding carboxylic acids is 1. The summed E-state index contributed by atoms with van der Waals surface area (Å²) in [4.78, 5) is 13.6. The number of rotatable bonds is 6. The van der Waals surface area contributed by atoms with Crippen LogP contribution in [-0.2, 0) is 4.79 Å². The number of halogens is 1. The van der Waals surface area contributed by atoms with Gasteiger partial charge < -0.3 is 15.0 Å². The molecule has 0 aliphatic carbocycles. The largest absolute Gasteiger partial charge is 0.494 e. The van der Waals surface area contributed by atoms with Gasteiger partial charge in [-0.05, 0) is 43.3 Å². The highest BCUT2D eigenvalue weighted by Gasteiger charge is 2.26. The Morgan fingerprint density at radius 2 is 2.00 bits per heavy atom. The molecule has 1 aliphatic rings. The topological polar surface area (TPSA) is 73.5 Å². The number of amides is 1. The summed E-state index contributed by atoms with van der Waals surface area (Å²) < 4.78 is 20.7. The maximum atomic E-state index is 13.3. The van der Waals surface area contributed by atoms with E-state index in [-0.39, 0.29) is 17.8 Å². The van der Waals surface area contributed by atoms with Crippen molar-refractivity contribution >= 4 is 22.6 Å². The third kappa shape index (κ3) is 4.54. The lowest BCUT2D eigenvalue weighted by Gasteiger charge is -2.29. The van der Waals surface area contributed by atoms with Gasteiger partial charge in [0.1, 0.15) is 17.1 Å². The Balaban J connectivity index is 1.29. The van der Waals surface area contributed by atoms with Crippen molar-refractivity contribution in [1.82, 2.24) is 15.0 Å². The lowest BCUT2D eigenvalue weighted by Crippen LogP contribution is -3.14. The average molecular weight is 398 g/mol. The van der Waals surface area contributed by atoms with Crippen LogP contribution >= 0.6 is 0 Å². The number of fused-ring (bicyclic) bond motifs is 1. The number of benzene rings is 2. The summed E-state index contributed by atoms with van der Waals surface area (Å²) in [6.45, 7) is 4.75. The molecule has 0 radical (unpaired) electrons. The summed E-state index contributed by atoms with van der Waals surface area (Å²) in [7, 11) is 0. The number of nitrogens with zero attached hydrogens (tertiary/aromatic N) is 3. The number of hydrogen-bond acceptors (Lipinski definition) is 4. The summed E-state index contributed by atoms with van der Waals surface area (Å²) in [5.41, 5.74) is 2.21. The van der Waals surface area contributed by atoms with Crippen LogP contribution < -0.4 is 15.0 Å². The van der Waals surface area contributed by atoms with Crippen molar-refractivity contribution in [3.8, 4) is 5.75 Å². The van der Waals surface area contributed by atoms with E-state index in [1.807, 2.05) is 35.9 Å². The van der Waals surface area contributed by atoms with Crippen molar-refractivity contribution in [2.45, 2.75) is 25.8 Å². The first kappa shape index (κ1) is 19.3. The van der Waals surface area contributed by atoms with Gasteiger partial charge in [0.05, 0.1) is 31.3 Å². The third-order valence-electron chi connectivity index (χ3n) is 5.30. The Labute approximate surface area is 168 Å². The molecule has 2 heterocycles. The van der Waals surface area contributed by atoms with Gasteiger partial charge in [-0.3, -0.25) is 4.79 Å².